The van der Waals surface area contributed by atoms with Gasteiger partial charge in [-0.2, -0.15) is 5.26 Å². The number of nitriles is 1. The molecule has 5 heteroatoms. The number of nitrogens with zero attached hydrogens (tertiary/aromatic N) is 1. The molecule has 0 bridgehead atoms. The van der Waals surface area contributed by atoms with Crippen LogP contribution in [0.2, 0.25) is 0 Å². The van der Waals surface area contributed by atoms with Crippen LogP contribution < -0.4 is 0 Å². The Hall–Kier alpha value is -0.190. The lowest BCUT2D eigenvalue weighted by atomic mass is 9.86. The number of ether oxygens (including phenoxy) is 2. The average molecular weight is 391 g/mol. The van der Waals surface area contributed by atoms with E-state index < -0.39 is 0 Å². The van der Waals surface area contributed by atoms with Crippen LogP contribution in [-0.4, -0.2) is 34.6 Å². The summed E-state index contributed by atoms with van der Waals surface area (Å²) in [4.78, 5) is 10.5. The third-order valence-corrected chi connectivity index (χ3v) is 5.63. The Balaban J connectivity index is 1.98. The van der Waals surface area contributed by atoms with E-state index in [1.807, 2.05) is 6.92 Å². The predicted molar refractivity (Wildman–Crippen MR) is 83.7 cm³/mol. The highest BCUT2D eigenvalue weighted by Crippen LogP contribution is 2.44. The van der Waals surface area contributed by atoms with Gasteiger partial charge in [0.05, 0.1) is 24.4 Å². The van der Waals surface area contributed by atoms with Crippen LogP contribution in [0.4, 0.5) is 0 Å². The minimum atomic E-state index is -0.202. The van der Waals surface area contributed by atoms with Gasteiger partial charge >= 0.3 is 0 Å². The molecular formula is C15H22INO3. The molecule has 4 nitrogen and oxygen atoms in total. The summed E-state index contributed by atoms with van der Waals surface area (Å²) in [6.07, 6.45) is 6.44. The minimum Gasteiger partial charge on any atom is -0.372 e. The Morgan fingerprint density at radius 1 is 1.50 bits per heavy atom. The van der Waals surface area contributed by atoms with E-state index in [1.165, 1.54) is 0 Å². The summed E-state index contributed by atoms with van der Waals surface area (Å²) < 4.78 is 13.4. The number of carbonyl (C=O) groups is 1. The molecular weight excluding hydrogens is 369 g/mol. The molecule has 0 spiro atoms. The lowest BCUT2D eigenvalue weighted by molar-refractivity contribution is -0.155. The second-order valence-electron chi connectivity index (χ2n) is 5.98. The van der Waals surface area contributed by atoms with Gasteiger partial charge in [0, 0.05) is 23.2 Å². The van der Waals surface area contributed by atoms with Crippen LogP contribution in [0, 0.1) is 17.2 Å². The molecule has 0 aromatic carbocycles. The van der Waals surface area contributed by atoms with E-state index in [0.29, 0.717) is 6.42 Å². The normalized spacial score (nSPS) is 38.0. The highest BCUT2D eigenvalue weighted by Gasteiger charge is 2.52. The quantitative estimate of drug-likeness (QED) is 0.397. The average Bonchev–Trinajstić information content (AvgIpc) is 2.83. The van der Waals surface area contributed by atoms with Gasteiger partial charge in [-0.15, -0.1) is 0 Å². The smallest absolute Gasteiger partial charge is 0.120 e. The maximum Gasteiger partial charge on any atom is 0.120 e. The molecule has 2 aliphatic rings. The summed E-state index contributed by atoms with van der Waals surface area (Å²) >= 11 is 2.38. The summed E-state index contributed by atoms with van der Waals surface area (Å²) in [6, 6.07) is 2.29. The molecule has 20 heavy (non-hydrogen) atoms. The molecule has 2 rings (SSSR count). The topological polar surface area (TPSA) is 59.3 Å². The molecule has 2 saturated heterocycles. The summed E-state index contributed by atoms with van der Waals surface area (Å²) in [5.41, 5.74) is -0.202. The van der Waals surface area contributed by atoms with Gasteiger partial charge in [0.15, 0.2) is 0 Å². The number of fused-ring (bicyclic) bond motifs is 1. The Morgan fingerprint density at radius 2 is 2.30 bits per heavy atom. The van der Waals surface area contributed by atoms with Crippen molar-refractivity contribution in [2.24, 2.45) is 5.92 Å². The molecule has 0 N–H and O–H groups in total. The zero-order valence-corrected chi connectivity index (χ0v) is 14.0. The molecule has 2 fully saturated rings. The Kier molecular flexibility index (Phi) is 5.82. The lowest BCUT2D eigenvalue weighted by Gasteiger charge is -2.41. The number of alkyl halides is 1. The van der Waals surface area contributed by atoms with Crippen LogP contribution in [0.15, 0.2) is 0 Å². The summed E-state index contributed by atoms with van der Waals surface area (Å²) in [5, 5.41) is 8.95. The molecule has 112 valence electrons. The third kappa shape index (κ3) is 3.52. The van der Waals surface area contributed by atoms with Crippen molar-refractivity contribution < 1.29 is 14.3 Å². The highest BCUT2D eigenvalue weighted by atomic mass is 127. The van der Waals surface area contributed by atoms with E-state index in [1.54, 1.807) is 0 Å². The zero-order valence-electron chi connectivity index (χ0n) is 11.9. The van der Waals surface area contributed by atoms with E-state index in [9.17, 15) is 4.79 Å². The second-order valence-corrected chi connectivity index (χ2v) is 6.74. The van der Waals surface area contributed by atoms with Crippen LogP contribution in [0.25, 0.3) is 0 Å². The first-order chi connectivity index (χ1) is 9.63. The fourth-order valence-corrected chi connectivity index (χ4v) is 4.30. The van der Waals surface area contributed by atoms with Crippen LogP contribution in [0.3, 0.4) is 0 Å². The first kappa shape index (κ1) is 16.2. The first-order valence-electron chi connectivity index (χ1n) is 7.36. The van der Waals surface area contributed by atoms with E-state index in [0.717, 1.165) is 42.8 Å². The van der Waals surface area contributed by atoms with Crippen LogP contribution in [-0.2, 0) is 14.3 Å². The molecule has 0 amide bonds. The summed E-state index contributed by atoms with van der Waals surface area (Å²) in [7, 11) is 0. The van der Waals surface area contributed by atoms with E-state index >= 15 is 0 Å². The monoisotopic (exact) mass is 391 g/mol. The standard InChI is InChI=1S/C15H22INO3/c1-11(9-17)7-12-4-5-14-15(10-16,20-12)8-13(19-14)3-2-6-18/h6,11-14H,2-5,7-8,10H2,1H3/t11-,12-,13+,14+,15-/m1/s1. The van der Waals surface area contributed by atoms with Crippen molar-refractivity contribution in [3.05, 3.63) is 0 Å². The van der Waals surface area contributed by atoms with E-state index in [4.69, 9.17) is 14.7 Å². The third-order valence-electron chi connectivity index (χ3n) is 4.34. The van der Waals surface area contributed by atoms with Gasteiger partial charge in [-0.1, -0.05) is 22.6 Å². The molecule has 0 aromatic rings. The van der Waals surface area contributed by atoms with Crippen molar-refractivity contribution in [2.75, 3.05) is 4.43 Å². The summed E-state index contributed by atoms with van der Waals surface area (Å²) in [5.74, 6) is 0.0380. The van der Waals surface area contributed by atoms with E-state index in [-0.39, 0.29) is 29.8 Å². The van der Waals surface area contributed by atoms with Crippen molar-refractivity contribution in [1.82, 2.24) is 0 Å². The predicted octanol–water partition coefficient (Wildman–Crippen LogP) is 3.03. The molecule has 2 aliphatic heterocycles. The Labute approximate surface area is 134 Å². The van der Waals surface area contributed by atoms with E-state index in [2.05, 4.69) is 28.7 Å². The van der Waals surface area contributed by atoms with Gasteiger partial charge in [-0.05, 0) is 32.6 Å². The van der Waals surface area contributed by atoms with Gasteiger partial charge in [0.1, 0.15) is 11.9 Å². The molecule has 2 heterocycles. The molecule has 0 unspecified atom stereocenters. The Morgan fingerprint density at radius 3 is 2.95 bits per heavy atom. The van der Waals surface area contributed by atoms with Crippen LogP contribution >= 0.6 is 22.6 Å². The number of carbonyl (C=O) groups excluding carboxylic acids is 1. The molecule has 0 radical (unpaired) electrons. The van der Waals surface area contributed by atoms with Gasteiger partial charge in [0.2, 0.25) is 0 Å². The second kappa shape index (κ2) is 7.19. The van der Waals surface area contributed by atoms with Gasteiger partial charge in [-0.25, -0.2) is 0 Å². The SMILES string of the molecule is C[C@@H](C#N)C[C@H]1CC[C@@H]2O[C@@H](CCC=O)C[C@]2(CI)O1. The largest absolute Gasteiger partial charge is 0.372 e. The summed E-state index contributed by atoms with van der Waals surface area (Å²) in [6.45, 7) is 1.95. The maximum atomic E-state index is 10.5. The van der Waals surface area contributed by atoms with Crippen molar-refractivity contribution in [3.8, 4) is 6.07 Å². The van der Waals surface area contributed by atoms with Gasteiger partial charge in [0.25, 0.3) is 0 Å². The molecule has 0 aromatic heterocycles. The van der Waals surface area contributed by atoms with Crippen molar-refractivity contribution in [1.29, 1.82) is 5.26 Å². The molecule has 0 aliphatic carbocycles. The lowest BCUT2D eigenvalue weighted by Crippen LogP contribution is -2.50. The number of halogens is 1. The van der Waals surface area contributed by atoms with Gasteiger partial charge in [-0.3, -0.25) is 0 Å². The van der Waals surface area contributed by atoms with Gasteiger partial charge < -0.3 is 14.3 Å². The first-order valence-corrected chi connectivity index (χ1v) is 8.88. The molecule has 0 saturated carbocycles. The minimum absolute atomic E-state index is 0.0380. The van der Waals surface area contributed by atoms with Crippen molar-refractivity contribution in [2.45, 2.75) is 69.4 Å². The van der Waals surface area contributed by atoms with Crippen LogP contribution in [0.1, 0.15) is 45.4 Å². The number of aldehydes is 1. The maximum absolute atomic E-state index is 10.5. The Bertz CT molecular complexity index is 384. The zero-order chi connectivity index (χ0) is 14.6. The fourth-order valence-electron chi connectivity index (χ4n) is 3.31. The number of rotatable bonds is 6. The van der Waals surface area contributed by atoms with Crippen molar-refractivity contribution in [3.63, 3.8) is 0 Å². The number of hydrogen-bond donors (Lipinski definition) is 0. The van der Waals surface area contributed by atoms with Crippen molar-refractivity contribution >= 4 is 28.9 Å². The highest BCUT2D eigenvalue weighted by molar-refractivity contribution is 14.1. The number of hydrogen-bond acceptors (Lipinski definition) is 4. The molecule has 5 atom stereocenters. The van der Waals surface area contributed by atoms with Crippen LogP contribution in [0.5, 0.6) is 0 Å². The fraction of sp³-hybridized carbons (Fsp3) is 0.867.